The van der Waals surface area contributed by atoms with Crippen LogP contribution in [0.1, 0.15) is 64.0 Å². The number of benzene rings is 2. The molecule has 1 saturated carbocycles. The second kappa shape index (κ2) is 12.6. The average Bonchev–Trinajstić information content (AvgIpc) is 3.35. The maximum absolute atomic E-state index is 12.8. The standard InChI is InChI=1S/C32H45N3O5/c1-31(2,3)40-30(37)35-22-27(20-28(35)29(36)38-6)39-26-14-10-11-23(19-26)21-33-25-15-17-32(18-16-25,34(4)5)24-12-8-7-9-13-24/h7-14,19,25,27-28,33H,15-18,20-22H2,1-6H3/t25?,27-,28-,32?/m0/s1. The molecule has 1 heterocycles. The number of likely N-dealkylation sites (tertiary alicyclic amines) is 1. The highest BCUT2D eigenvalue weighted by Crippen LogP contribution is 2.41. The Morgan fingerprint density at radius 1 is 1.05 bits per heavy atom. The molecular weight excluding hydrogens is 506 g/mol. The van der Waals surface area contributed by atoms with E-state index < -0.39 is 23.7 Å². The van der Waals surface area contributed by atoms with Gasteiger partial charge in [-0.2, -0.15) is 0 Å². The summed E-state index contributed by atoms with van der Waals surface area (Å²) in [5.41, 5.74) is 1.96. The number of hydrogen-bond donors (Lipinski definition) is 1. The fraction of sp³-hybridized carbons (Fsp3) is 0.562. The molecule has 2 atom stereocenters. The predicted octanol–water partition coefficient (Wildman–Crippen LogP) is 5.11. The van der Waals surface area contributed by atoms with Crippen LogP contribution in [0.5, 0.6) is 5.75 Å². The minimum atomic E-state index is -0.730. The zero-order valence-electron chi connectivity index (χ0n) is 24.8. The molecule has 8 heteroatoms. The van der Waals surface area contributed by atoms with E-state index in [1.807, 2.05) is 18.2 Å². The normalized spacial score (nSPS) is 25.1. The maximum atomic E-state index is 12.8. The summed E-state index contributed by atoms with van der Waals surface area (Å²) in [5.74, 6) is 0.256. The lowest BCUT2D eigenvalue weighted by Crippen LogP contribution is -2.47. The van der Waals surface area contributed by atoms with Gasteiger partial charge < -0.3 is 19.5 Å². The van der Waals surface area contributed by atoms with Crippen LogP contribution in [0.15, 0.2) is 54.6 Å². The maximum Gasteiger partial charge on any atom is 0.411 e. The first-order valence-corrected chi connectivity index (χ1v) is 14.3. The predicted molar refractivity (Wildman–Crippen MR) is 155 cm³/mol. The van der Waals surface area contributed by atoms with Gasteiger partial charge in [-0.1, -0.05) is 42.5 Å². The van der Waals surface area contributed by atoms with Gasteiger partial charge in [-0.15, -0.1) is 0 Å². The fourth-order valence-corrected chi connectivity index (χ4v) is 5.99. The molecule has 1 aliphatic carbocycles. The Kier molecular flexibility index (Phi) is 9.41. The number of nitrogens with one attached hydrogen (secondary N) is 1. The lowest BCUT2D eigenvalue weighted by atomic mass is 9.74. The minimum Gasteiger partial charge on any atom is -0.488 e. The number of methoxy groups -OCH3 is 1. The SMILES string of the molecule is COC(=O)[C@@H]1C[C@H](Oc2cccc(CNC3CCC(c4ccccc4)(N(C)C)CC3)c2)CN1C(=O)OC(C)(C)C. The quantitative estimate of drug-likeness (QED) is 0.457. The molecule has 4 rings (SSSR count). The van der Waals surface area contributed by atoms with E-state index in [4.69, 9.17) is 14.2 Å². The second-order valence-corrected chi connectivity index (χ2v) is 12.2. The van der Waals surface area contributed by atoms with Gasteiger partial charge in [0.25, 0.3) is 0 Å². The molecule has 2 aromatic rings. The van der Waals surface area contributed by atoms with E-state index in [2.05, 4.69) is 60.7 Å². The minimum absolute atomic E-state index is 0.0870. The molecule has 2 aliphatic rings. The number of hydrogen-bond acceptors (Lipinski definition) is 7. The van der Waals surface area contributed by atoms with E-state index in [0.717, 1.165) is 43.5 Å². The summed E-state index contributed by atoms with van der Waals surface area (Å²) in [6, 6.07) is 18.6. The third kappa shape index (κ3) is 7.15. The number of esters is 1. The molecule has 0 aromatic heterocycles. The van der Waals surface area contributed by atoms with Crippen molar-refractivity contribution in [1.82, 2.24) is 15.1 Å². The van der Waals surface area contributed by atoms with Crippen LogP contribution < -0.4 is 10.1 Å². The van der Waals surface area contributed by atoms with Crippen LogP contribution >= 0.6 is 0 Å². The highest BCUT2D eigenvalue weighted by molar-refractivity contribution is 5.82. The van der Waals surface area contributed by atoms with Crippen molar-refractivity contribution in [3.05, 3.63) is 65.7 Å². The first-order valence-electron chi connectivity index (χ1n) is 14.3. The van der Waals surface area contributed by atoms with Gasteiger partial charge in [-0.25, -0.2) is 9.59 Å². The van der Waals surface area contributed by atoms with Crippen molar-refractivity contribution in [3.63, 3.8) is 0 Å². The zero-order valence-corrected chi connectivity index (χ0v) is 24.8. The summed E-state index contributed by atoms with van der Waals surface area (Å²) >= 11 is 0. The van der Waals surface area contributed by atoms with Gasteiger partial charge in [-0.3, -0.25) is 9.80 Å². The molecular formula is C32H45N3O5. The van der Waals surface area contributed by atoms with Crippen LogP contribution in [0.2, 0.25) is 0 Å². The molecule has 1 N–H and O–H groups in total. The lowest BCUT2D eigenvalue weighted by molar-refractivity contribution is -0.145. The van der Waals surface area contributed by atoms with Crippen molar-refractivity contribution in [2.24, 2.45) is 0 Å². The van der Waals surface area contributed by atoms with Crippen LogP contribution in [0.3, 0.4) is 0 Å². The van der Waals surface area contributed by atoms with Crippen molar-refractivity contribution in [2.75, 3.05) is 27.7 Å². The third-order valence-electron chi connectivity index (χ3n) is 8.14. The summed E-state index contributed by atoms with van der Waals surface area (Å²) in [4.78, 5) is 29.0. The molecule has 2 aromatic carbocycles. The van der Waals surface area contributed by atoms with Crippen LogP contribution in [0.4, 0.5) is 4.79 Å². The summed E-state index contributed by atoms with van der Waals surface area (Å²) in [6.45, 7) is 6.42. The topological polar surface area (TPSA) is 80.3 Å². The van der Waals surface area contributed by atoms with Gasteiger partial charge in [0.1, 0.15) is 23.5 Å². The van der Waals surface area contributed by atoms with E-state index in [0.29, 0.717) is 12.5 Å². The molecule has 40 heavy (non-hydrogen) atoms. The van der Waals surface area contributed by atoms with E-state index >= 15 is 0 Å². The van der Waals surface area contributed by atoms with Crippen LogP contribution in [0, 0.1) is 0 Å². The highest BCUT2D eigenvalue weighted by atomic mass is 16.6. The average molecular weight is 552 g/mol. The lowest BCUT2D eigenvalue weighted by Gasteiger charge is -2.45. The summed E-state index contributed by atoms with van der Waals surface area (Å²) in [6.07, 6.45) is 3.93. The Morgan fingerprint density at radius 3 is 2.38 bits per heavy atom. The molecule has 8 nitrogen and oxygen atoms in total. The van der Waals surface area contributed by atoms with Crippen molar-refractivity contribution in [2.45, 2.75) is 88.7 Å². The molecule has 1 aliphatic heterocycles. The number of rotatable bonds is 8. The summed E-state index contributed by atoms with van der Waals surface area (Å²) < 4.78 is 16.7. The molecule has 0 spiro atoms. The Bertz CT molecular complexity index is 1140. The smallest absolute Gasteiger partial charge is 0.411 e. The molecule has 1 saturated heterocycles. The van der Waals surface area contributed by atoms with E-state index in [1.54, 1.807) is 20.8 Å². The summed E-state index contributed by atoms with van der Waals surface area (Å²) in [5, 5.41) is 3.76. The number of carbonyl (C=O) groups excluding carboxylic acids is 2. The zero-order chi connectivity index (χ0) is 28.9. The second-order valence-electron chi connectivity index (χ2n) is 12.2. The van der Waals surface area contributed by atoms with E-state index in [1.165, 1.54) is 17.6 Å². The highest BCUT2D eigenvalue weighted by Gasteiger charge is 2.43. The first kappa shape index (κ1) is 29.9. The van der Waals surface area contributed by atoms with Crippen LogP contribution in [0.25, 0.3) is 0 Å². The number of ether oxygens (including phenoxy) is 3. The largest absolute Gasteiger partial charge is 0.488 e. The number of carbonyl (C=O) groups is 2. The molecule has 0 bridgehead atoms. The molecule has 2 fully saturated rings. The van der Waals surface area contributed by atoms with Gasteiger partial charge in [0, 0.05) is 24.5 Å². The fourth-order valence-electron chi connectivity index (χ4n) is 5.99. The van der Waals surface area contributed by atoms with E-state index in [-0.39, 0.29) is 18.2 Å². The molecule has 1 amide bonds. The Balaban J connectivity index is 1.33. The Hall–Kier alpha value is -3.10. The van der Waals surface area contributed by atoms with Crippen LogP contribution in [-0.2, 0) is 26.4 Å². The van der Waals surface area contributed by atoms with Gasteiger partial charge in [0.15, 0.2) is 0 Å². The molecule has 218 valence electrons. The Morgan fingerprint density at radius 2 is 1.75 bits per heavy atom. The van der Waals surface area contributed by atoms with Crippen molar-refractivity contribution in [1.29, 1.82) is 0 Å². The Labute approximate surface area is 239 Å². The van der Waals surface area contributed by atoms with Gasteiger partial charge in [0.05, 0.1) is 13.7 Å². The first-order chi connectivity index (χ1) is 19.0. The molecule has 0 unspecified atom stereocenters. The molecule has 0 radical (unpaired) electrons. The van der Waals surface area contributed by atoms with Crippen molar-refractivity contribution >= 4 is 12.1 Å². The number of nitrogens with zero attached hydrogens (tertiary/aromatic N) is 2. The third-order valence-corrected chi connectivity index (χ3v) is 8.14. The van der Waals surface area contributed by atoms with Crippen molar-refractivity contribution < 1.29 is 23.8 Å². The van der Waals surface area contributed by atoms with Gasteiger partial charge in [-0.05, 0) is 83.8 Å². The van der Waals surface area contributed by atoms with Crippen LogP contribution in [-0.4, -0.2) is 73.4 Å². The number of amides is 1. The monoisotopic (exact) mass is 551 g/mol. The van der Waals surface area contributed by atoms with E-state index in [9.17, 15) is 9.59 Å². The summed E-state index contributed by atoms with van der Waals surface area (Å²) in [7, 11) is 5.71. The van der Waals surface area contributed by atoms with Gasteiger partial charge >= 0.3 is 12.1 Å². The van der Waals surface area contributed by atoms with Crippen molar-refractivity contribution in [3.8, 4) is 5.75 Å². The van der Waals surface area contributed by atoms with Gasteiger partial charge in [0.2, 0.25) is 0 Å².